The average Bonchev–Trinajstić information content (AvgIpc) is 2.10. The van der Waals surface area contributed by atoms with Crippen LogP contribution in [0.1, 0.15) is 51.9 Å². The van der Waals surface area contributed by atoms with E-state index in [9.17, 15) is 0 Å². The molecule has 0 saturated carbocycles. The van der Waals surface area contributed by atoms with E-state index in [4.69, 9.17) is 0 Å². The van der Waals surface area contributed by atoms with Gasteiger partial charge in [-0.15, -0.1) is 5.92 Å². The fraction of sp³-hybridized carbons (Fsp3) is 0.818. The van der Waals surface area contributed by atoms with Crippen molar-refractivity contribution in [1.29, 1.82) is 0 Å². The summed E-state index contributed by atoms with van der Waals surface area (Å²) in [5.41, 5.74) is 0. The quantitative estimate of drug-likeness (QED) is 0.363. The van der Waals surface area contributed by atoms with E-state index < -0.39 is 0 Å². The van der Waals surface area contributed by atoms with Crippen LogP contribution < -0.4 is 0 Å². The standard InChI is InChI=1S/C11H20S/c1-2-3-4-5-6-7-8-9-10-11-12/h12H,2-8,11H2,1H3. The summed E-state index contributed by atoms with van der Waals surface area (Å²) in [7, 11) is 0. The van der Waals surface area contributed by atoms with E-state index in [1.165, 1.54) is 38.5 Å². The van der Waals surface area contributed by atoms with Gasteiger partial charge in [-0.25, -0.2) is 0 Å². The Morgan fingerprint density at radius 1 is 0.917 bits per heavy atom. The van der Waals surface area contributed by atoms with Gasteiger partial charge in [0.2, 0.25) is 0 Å². The van der Waals surface area contributed by atoms with Crippen LogP contribution in [0.4, 0.5) is 0 Å². The largest absolute Gasteiger partial charge is 0.166 e. The summed E-state index contributed by atoms with van der Waals surface area (Å²) >= 11 is 4.02. The van der Waals surface area contributed by atoms with Crippen LogP contribution >= 0.6 is 12.6 Å². The topological polar surface area (TPSA) is 0 Å². The molecule has 12 heavy (non-hydrogen) atoms. The molecular formula is C11H20S. The van der Waals surface area contributed by atoms with Crippen molar-refractivity contribution in [2.45, 2.75) is 51.9 Å². The molecule has 0 nitrogen and oxygen atoms in total. The van der Waals surface area contributed by atoms with Crippen molar-refractivity contribution in [2.24, 2.45) is 0 Å². The highest BCUT2D eigenvalue weighted by atomic mass is 32.1. The molecule has 0 heterocycles. The molecule has 0 aliphatic carbocycles. The number of unbranched alkanes of at least 4 members (excludes halogenated alkanes) is 6. The molecule has 0 atom stereocenters. The monoisotopic (exact) mass is 184 g/mol. The molecule has 0 rings (SSSR count). The first-order valence-corrected chi connectivity index (χ1v) is 5.61. The Balaban J connectivity index is 2.91. The summed E-state index contributed by atoms with van der Waals surface area (Å²) in [4.78, 5) is 0. The van der Waals surface area contributed by atoms with Crippen LogP contribution in [0, 0.1) is 11.8 Å². The molecule has 0 unspecified atom stereocenters. The maximum Gasteiger partial charge on any atom is 0.0517 e. The summed E-state index contributed by atoms with van der Waals surface area (Å²) in [6.45, 7) is 2.25. The molecule has 0 aliphatic heterocycles. The lowest BCUT2D eigenvalue weighted by molar-refractivity contribution is 0.614. The minimum Gasteiger partial charge on any atom is -0.166 e. The van der Waals surface area contributed by atoms with Crippen molar-refractivity contribution in [3.63, 3.8) is 0 Å². The van der Waals surface area contributed by atoms with Crippen LogP contribution in [-0.4, -0.2) is 5.75 Å². The van der Waals surface area contributed by atoms with E-state index >= 15 is 0 Å². The Hall–Kier alpha value is -0.0900. The highest BCUT2D eigenvalue weighted by Gasteiger charge is 1.87. The van der Waals surface area contributed by atoms with Gasteiger partial charge in [-0.1, -0.05) is 44.9 Å². The highest BCUT2D eigenvalue weighted by molar-refractivity contribution is 7.80. The maximum absolute atomic E-state index is 4.02. The van der Waals surface area contributed by atoms with E-state index in [0.29, 0.717) is 5.75 Å². The second-order valence-electron chi connectivity index (χ2n) is 3.03. The fourth-order valence-corrected chi connectivity index (χ4v) is 1.25. The number of thiol groups is 1. The van der Waals surface area contributed by atoms with Crippen LogP contribution in [0.5, 0.6) is 0 Å². The molecule has 70 valence electrons. The first-order valence-electron chi connectivity index (χ1n) is 4.98. The molecule has 0 aromatic rings. The molecular weight excluding hydrogens is 164 g/mol. The first kappa shape index (κ1) is 11.9. The maximum atomic E-state index is 4.02. The van der Waals surface area contributed by atoms with Crippen molar-refractivity contribution in [1.82, 2.24) is 0 Å². The van der Waals surface area contributed by atoms with Crippen molar-refractivity contribution in [3.05, 3.63) is 0 Å². The minimum absolute atomic E-state index is 0.704. The molecule has 0 fully saturated rings. The molecule has 1 heteroatoms. The van der Waals surface area contributed by atoms with Crippen molar-refractivity contribution >= 4 is 12.6 Å². The third kappa shape index (κ3) is 9.91. The number of rotatable bonds is 6. The predicted octanol–water partition coefficient (Wildman–Crippen LogP) is 3.67. The zero-order valence-corrected chi connectivity index (χ0v) is 9.00. The van der Waals surface area contributed by atoms with E-state index in [1.807, 2.05) is 0 Å². The van der Waals surface area contributed by atoms with Crippen molar-refractivity contribution in [2.75, 3.05) is 5.75 Å². The van der Waals surface area contributed by atoms with Crippen molar-refractivity contribution in [3.8, 4) is 11.8 Å². The minimum atomic E-state index is 0.704. The Kier molecular flexibility index (Phi) is 10.8. The summed E-state index contributed by atoms with van der Waals surface area (Å²) in [5.74, 6) is 6.77. The Morgan fingerprint density at radius 3 is 2.25 bits per heavy atom. The molecule has 0 spiro atoms. The molecule has 0 aromatic carbocycles. The van der Waals surface area contributed by atoms with Gasteiger partial charge < -0.3 is 0 Å². The lowest BCUT2D eigenvalue weighted by atomic mass is 10.1. The van der Waals surface area contributed by atoms with E-state index in [1.54, 1.807) is 0 Å². The Labute approximate surface area is 82.5 Å². The average molecular weight is 184 g/mol. The van der Waals surface area contributed by atoms with Gasteiger partial charge in [-0.2, -0.15) is 12.6 Å². The molecule has 0 aliphatic rings. The van der Waals surface area contributed by atoms with Gasteiger partial charge in [-0.05, 0) is 6.42 Å². The predicted molar refractivity (Wildman–Crippen MR) is 59.6 cm³/mol. The summed E-state index contributed by atoms with van der Waals surface area (Å²) in [6, 6.07) is 0. The molecule has 0 amide bonds. The zero-order valence-electron chi connectivity index (χ0n) is 8.10. The SMILES string of the molecule is CCCCCCCCC#CCS. The third-order valence-electron chi connectivity index (χ3n) is 1.86. The normalized spacial score (nSPS) is 9.17. The summed E-state index contributed by atoms with van der Waals surface area (Å²) in [6.07, 6.45) is 9.19. The number of hydrogen-bond acceptors (Lipinski definition) is 1. The zero-order chi connectivity index (χ0) is 9.07. The molecule has 0 aromatic heterocycles. The van der Waals surface area contributed by atoms with Crippen molar-refractivity contribution < 1.29 is 0 Å². The first-order chi connectivity index (χ1) is 5.91. The molecule has 0 N–H and O–H groups in total. The lowest BCUT2D eigenvalue weighted by Crippen LogP contribution is -1.77. The van der Waals surface area contributed by atoms with Crippen LogP contribution in [0.25, 0.3) is 0 Å². The van der Waals surface area contributed by atoms with Gasteiger partial charge in [0.25, 0.3) is 0 Å². The lowest BCUT2D eigenvalue weighted by Gasteiger charge is -1.96. The van der Waals surface area contributed by atoms with Gasteiger partial charge in [0.05, 0.1) is 5.75 Å². The van der Waals surface area contributed by atoms with Gasteiger partial charge in [0.1, 0.15) is 0 Å². The highest BCUT2D eigenvalue weighted by Crippen LogP contribution is 2.05. The van der Waals surface area contributed by atoms with Crippen LogP contribution in [0.3, 0.4) is 0 Å². The second kappa shape index (κ2) is 10.9. The van der Waals surface area contributed by atoms with Crippen LogP contribution in [-0.2, 0) is 0 Å². The van der Waals surface area contributed by atoms with Crippen LogP contribution in [0.2, 0.25) is 0 Å². The Morgan fingerprint density at radius 2 is 1.58 bits per heavy atom. The smallest absolute Gasteiger partial charge is 0.0517 e. The Bertz CT molecular complexity index is 130. The third-order valence-corrected chi connectivity index (χ3v) is 2.02. The second-order valence-corrected chi connectivity index (χ2v) is 3.35. The summed E-state index contributed by atoms with van der Waals surface area (Å²) in [5, 5.41) is 0. The van der Waals surface area contributed by atoms with E-state index in [2.05, 4.69) is 31.4 Å². The van der Waals surface area contributed by atoms with Gasteiger partial charge in [0.15, 0.2) is 0 Å². The number of hydrogen-bond donors (Lipinski definition) is 1. The van der Waals surface area contributed by atoms with Crippen LogP contribution in [0.15, 0.2) is 0 Å². The molecule has 0 bridgehead atoms. The van der Waals surface area contributed by atoms with Gasteiger partial charge in [0, 0.05) is 6.42 Å². The van der Waals surface area contributed by atoms with E-state index in [0.717, 1.165) is 6.42 Å². The van der Waals surface area contributed by atoms with Gasteiger partial charge >= 0.3 is 0 Å². The summed E-state index contributed by atoms with van der Waals surface area (Å²) < 4.78 is 0. The molecule has 0 radical (unpaired) electrons. The fourth-order valence-electron chi connectivity index (χ4n) is 1.14. The van der Waals surface area contributed by atoms with E-state index in [-0.39, 0.29) is 0 Å². The van der Waals surface area contributed by atoms with Gasteiger partial charge in [-0.3, -0.25) is 0 Å². The molecule has 0 saturated heterocycles.